The number of azo groups is 1. The number of rotatable bonds is 12. The summed E-state index contributed by atoms with van der Waals surface area (Å²) < 4.78 is 0. The molecular formula is C23H32N6O2. The van der Waals surface area contributed by atoms with Crippen LogP contribution in [0.5, 0.6) is 0 Å². The number of hydrogen-bond donors (Lipinski definition) is 3. The molecule has 166 valence electrons. The third-order valence-corrected chi connectivity index (χ3v) is 4.63. The van der Waals surface area contributed by atoms with E-state index < -0.39 is 0 Å². The summed E-state index contributed by atoms with van der Waals surface area (Å²) in [6.45, 7) is 1.37. The second-order valence-corrected chi connectivity index (χ2v) is 7.33. The number of carbonyl (C=O) groups is 2. The first-order valence-electron chi connectivity index (χ1n) is 10.5. The van der Waals surface area contributed by atoms with Crippen molar-refractivity contribution in [2.24, 2.45) is 16.0 Å². The number of carbonyl (C=O) groups excluding carboxylic acids is 2. The van der Waals surface area contributed by atoms with Gasteiger partial charge < -0.3 is 21.3 Å². The summed E-state index contributed by atoms with van der Waals surface area (Å²) in [5.74, 6) is -0.268. The van der Waals surface area contributed by atoms with Gasteiger partial charge >= 0.3 is 0 Å². The number of amides is 2. The zero-order valence-corrected chi connectivity index (χ0v) is 18.3. The highest BCUT2D eigenvalue weighted by Crippen LogP contribution is 2.23. The highest BCUT2D eigenvalue weighted by atomic mass is 16.2. The highest BCUT2D eigenvalue weighted by molar-refractivity contribution is 5.98. The van der Waals surface area contributed by atoms with Crippen LogP contribution in [0, 0.1) is 0 Å². The molecule has 0 saturated carbocycles. The van der Waals surface area contributed by atoms with E-state index in [0.717, 1.165) is 24.9 Å². The van der Waals surface area contributed by atoms with Gasteiger partial charge in [-0.2, -0.15) is 5.11 Å². The normalized spacial score (nSPS) is 10.8. The van der Waals surface area contributed by atoms with E-state index in [9.17, 15) is 9.59 Å². The van der Waals surface area contributed by atoms with Crippen molar-refractivity contribution in [1.82, 2.24) is 10.6 Å². The molecule has 0 saturated heterocycles. The Labute approximate surface area is 183 Å². The van der Waals surface area contributed by atoms with Crippen LogP contribution in [0.3, 0.4) is 0 Å². The van der Waals surface area contributed by atoms with Crippen LogP contribution in [-0.2, 0) is 4.79 Å². The topological polar surface area (TPSA) is 112 Å². The smallest absolute Gasteiger partial charge is 0.253 e. The standard InChI is InChI=1S/C23H32N6O2/c1-29(2)19-13-11-18(12-14-19)27-28-21-9-6-5-8-20(21)23(31)26-17-16-25-22(30)10-4-3-7-15-24/h5-6,8-9,11-14H,3-4,7,10,15-17,24H2,1-2H3,(H,25,30)(H,26,31). The molecule has 2 rings (SSSR count). The Bertz CT molecular complexity index is 865. The molecule has 0 fully saturated rings. The predicted molar refractivity (Wildman–Crippen MR) is 124 cm³/mol. The summed E-state index contributed by atoms with van der Waals surface area (Å²) in [6, 6.07) is 14.7. The Balaban J connectivity index is 1.85. The largest absolute Gasteiger partial charge is 0.378 e. The second-order valence-electron chi connectivity index (χ2n) is 7.33. The van der Waals surface area contributed by atoms with Gasteiger partial charge in [0.05, 0.1) is 16.9 Å². The summed E-state index contributed by atoms with van der Waals surface area (Å²) >= 11 is 0. The third kappa shape index (κ3) is 8.55. The first-order chi connectivity index (χ1) is 15.0. The maximum absolute atomic E-state index is 12.5. The van der Waals surface area contributed by atoms with Crippen molar-refractivity contribution >= 4 is 28.9 Å². The SMILES string of the molecule is CN(C)c1ccc(N=Nc2ccccc2C(=O)NCCNC(=O)CCCCCN)cc1. The van der Waals surface area contributed by atoms with E-state index in [1.165, 1.54) is 0 Å². The molecule has 31 heavy (non-hydrogen) atoms. The van der Waals surface area contributed by atoms with Gasteiger partial charge in [0.1, 0.15) is 0 Å². The van der Waals surface area contributed by atoms with E-state index in [1.54, 1.807) is 18.2 Å². The minimum atomic E-state index is -0.255. The summed E-state index contributed by atoms with van der Waals surface area (Å²) in [5.41, 5.74) is 8.13. The number of unbranched alkanes of at least 4 members (excludes halogenated alkanes) is 2. The quantitative estimate of drug-likeness (QED) is 0.357. The van der Waals surface area contributed by atoms with Crippen LogP contribution in [0.2, 0.25) is 0 Å². The second kappa shape index (κ2) is 13.1. The van der Waals surface area contributed by atoms with Gasteiger partial charge in [-0.1, -0.05) is 18.6 Å². The van der Waals surface area contributed by atoms with Gasteiger partial charge in [0.15, 0.2) is 0 Å². The predicted octanol–water partition coefficient (Wildman–Crippen LogP) is 3.53. The van der Waals surface area contributed by atoms with Gasteiger partial charge in [-0.15, -0.1) is 5.11 Å². The Morgan fingerprint density at radius 2 is 1.61 bits per heavy atom. The van der Waals surface area contributed by atoms with Crippen LogP contribution >= 0.6 is 0 Å². The molecule has 0 bridgehead atoms. The Morgan fingerprint density at radius 1 is 0.903 bits per heavy atom. The molecule has 0 heterocycles. The Kier molecular flexibility index (Phi) is 10.2. The van der Waals surface area contributed by atoms with Crippen LogP contribution in [0.15, 0.2) is 58.8 Å². The van der Waals surface area contributed by atoms with E-state index in [-0.39, 0.29) is 11.8 Å². The summed E-state index contributed by atoms with van der Waals surface area (Å²) in [4.78, 5) is 26.3. The fourth-order valence-electron chi connectivity index (χ4n) is 2.85. The fourth-order valence-corrected chi connectivity index (χ4v) is 2.85. The van der Waals surface area contributed by atoms with Crippen molar-refractivity contribution in [2.45, 2.75) is 25.7 Å². The molecule has 0 aliphatic heterocycles. The fraction of sp³-hybridized carbons (Fsp3) is 0.391. The van der Waals surface area contributed by atoms with Gasteiger partial charge in [-0.25, -0.2) is 0 Å². The maximum atomic E-state index is 12.5. The van der Waals surface area contributed by atoms with Crippen molar-refractivity contribution in [3.05, 3.63) is 54.1 Å². The summed E-state index contributed by atoms with van der Waals surface area (Å²) in [7, 11) is 3.94. The first-order valence-corrected chi connectivity index (χ1v) is 10.5. The lowest BCUT2D eigenvalue weighted by Crippen LogP contribution is -2.34. The lowest BCUT2D eigenvalue weighted by Gasteiger charge is -2.11. The number of hydrogen-bond acceptors (Lipinski definition) is 6. The van der Waals surface area contributed by atoms with Gasteiger partial charge in [0, 0.05) is 39.3 Å². The van der Waals surface area contributed by atoms with E-state index in [1.807, 2.05) is 49.3 Å². The maximum Gasteiger partial charge on any atom is 0.253 e. The minimum absolute atomic E-state index is 0.0132. The van der Waals surface area contributed by atoms with Gasteiger partial charge in [0.25, 0.3) is 5.91 Å². The molecule has 0 radical (unpaired) electrons. The van der Waals surface area contributed by atoms with Crippen LogP contribution < -0.4 is 21.3 Å². The highest BCUT2D eigenvalue weighted by Gasteiger charge is 2.10. The molecule has 4 N–H and O–H groups in total. The van der Waals surface area contributed by atoms with E-state index in [0.29, 0.717) is 43.0 Å². The molecule has 0 spiro atoms. The van der Waals surface area contributed by atoms with Crippen LogP contribution in [0.1, 0.15) is 36.0 Å². The third-order valence-electron chi connectivity index (χ3n) is 4.63. The molecule has 0 aromatic heterocycles. The molecule has 8 heteroatoms. The van der Waals surface area contributed by atoms with Crippen molar-refractivity contribution in [1.29, 1.82) is 0 Å². The zero-order valence-electron chi connectivity index (χ0n) is 18.3. The molecule has 8 nitrogen and oxygen atoms in total. The van der Waals surface area contributed by atoms with E-state index in [4.69, 9.17) is 5.73 Å². The van der Waals surface area contributed by atoms with Crippen molar-refractivity contribution in [3.63, 3.8) is 0 Å². The van der Waals surface area contributed by atoms with Crippen molar-refractivity contribution in [3.8, 4) is 0 Å². The Morgan fingerprint density at radius 3 is 2.32 bits per heavy atom. The van der Waals surface area contributed by atoms with E-state index in [2.05, 4.69) is 20.9 Å². The van der Waals surface area contributed by atoms with E-state index >= 15 is 0 Å². The lowest BCUT2D eigenvalue weighted by molar-refractivity contribution is -0.121. The number of nitrogens with one attached hydrogen (secondary N) is 2. The van der Waals surface area contributed by atoms with Crippen LogP contribution in [0.4, 0.5) is 17.1 Å². The summed E-state index contributed by atoms with van der Waals surface area (Å²) in [5, 5.41) is 14.1. The number of anilines is 1. The minimum Gasteiger partial charge on any atom is -0.378 e. The van der Waals surface area contributed by atoms with Gasteiger partial charge in [-0.3, -0.25) is 9.59 Å². The lowest BCUT2D eigenvalue weighted by atomic mass is 10.1. The average molecular weight is 425 g/mol. The molecule has 2 aromatic rings. The number of nitrogens with two attached hydrogens (primary N) is 1. The summed E-state index contributed by atoms with van der Waals surface area (Å²) in [6.07, 6.45) is 3.19. The molecular weight excluding hydrogens is 392 g/mol. The molecule has 0 atom stereocenters. The monoisotopic (exact) mass is 424 g/mol. The average Bonchev–Trinajstić information content (AvgIpc) is 2.78. The molecule has 2 aromatic carbocycles. The molecule has 0 aliphatic carbocycles. The van der Waals surface area contributed by atoms with Crippen molar-refractivity contribution in [2.75, 3.05) is 38.6 Å². The van der Waals surface area contributed by atoms with Crippen molar-refractivity contribution < 1.29 is 9.59 Å². The van der Waals surface area contributed by atoms with Crippen LogP contribution in [0.25, 0.3) is 0 Å². The molecule has 2 amide bonds. The number of benzene rings is 2. The zero-order chi connectivity index (χ0) is 22.5. The number of nitrogens with zero attached hydrogens (tertiary/aromatic N) is 3. The van der Waals surface area contributed by atoms with Crippen LogP contribution in [-0.4, -0.2) is 45.5 Å². The Hall–Kier alpha value is -3.26. The molecule has 0 unspecified atom stereocenters. The van der Waals surface area contributed by atoms with Gasteiger partial charge in [-0.05, 0) is 55.8 Å². The molecule has 0 aliphatic rings. The van der Waals surface area contributed by atoms with Gasteiger partial charge in [0.2, 0.25) is 5.91 Å². The first kappa shape index (κ1) is 24.0.